The molecule has 0 aliphatic rings. The van der Waals surface area contributed by atoms with Gasteiger partial charge in [-0.25, -0.2) is 4.79 Å². The number of aliphatic carboxylic acids is 1. The Kier molecular flexibility index (Phi) is 4.15. The lowest BCUT2D eigenvalue weighted by Gasteiger charge is -2.10. The van der Waals surface area contributed by atoms with Crippen LogP contribution < -0.4 is 4.74 Å². The van der Waals surface area contributed by atoms with Crippen molar-refractivity contribution in [3.05, 3.63) is 65.7 Å². The minimum atomic E-state index is -1.53. The van der Waals surface area contributed by atoms with Crippen LogP contribution in [0.5, 0.6) is 5.75 Å². The van der Waals surface area contributed by atoms with Crippen molar-refractivity contribution < 1.29 is 19.7 Å². The number of carboxylic acids is 1. The Bertz CT molecular complexity index is 551. The van der Waals surface area contributed by atoms with E-state index in [4.69, 9.17) is 9.84 Å². The Balaban J connectivity index is 2.05. The first-order chi connectivity index (χ1) is 9.16. The first-order valence-electron chi connectivity index (χ1n) is 5.84. The van der Waals surface area contributed by atoms with Gasteiger partial charge in [-0.1, -0.05) is 42.5 Å². The van der Waals surface area contributed by atoms with E-state index in [1.165, 1.54) is 6.07 Å². The summed E-state index contributed by atoms with van der Waals surface area (Å²) in [6.45, 7) is 0.396. The van der Waals surface area contributed by atoms with E-state index in [9.17, 15) is 9.90 Å². The second-order valence-corrected chi connectivity index (χ2v) is 4.09. The topological polar surface area (TPSA) is 66.8 Å². The molecule has 0 saturated carbocycles. The third-order valence-electron chi connectivity index (χ3n) is 2.66. The number of hydrogen-bond donors (Lipinski definition) is 2. The van der Waals surface area contributed by atoms with Gasteiger partial charge in [-0.15, -0.1) is 0 Å². The van der Waals surface area contributed by atoms with Crippen molar-refractivity contribution in [1.29, 1.82) is 0 Å². The van der Waals surface area contributed by atoms with Crippen LogP contribution >= 0.6 is 0 Å². The molecule has 0 unspecified atom stereocenters. The summed E-state index contributed by atoms with van der Waals surface area (Å²) in [7, 11) is 0. The number of ether oxygens (including phenoxy) is 1. The molecule has 0 aromatic heterocycles. The Hall–Kier alpha value is -2.33. The monoisotopic (exact) mass is 258 g/mol. The maximum absolute atomic E-state index is 10.7. The largest absolute Gasteiger partial charge is 0.489 e. The number of aliphatic hydroxyl groups is 1. The predicted octanol–water partition coefficient (Wildman–Crippen LogP) is 2.38. The zero-order chi connectivity index (χ0) is 13.7. The summed E-state index contributed by atoms with van der Waals surface area (Å²) in [5, 5.41) is 18.2. The van der Waals surface area contributed by atoms with Gasteiger partial charge in [0, 0.05) is 0 Å². The van der Waals surface area contributed by atoms with Crippen LogP contribution in [0, 0.1) is 0 Å². The van der Waals surface area contributed by atoms with Crippen LogP contribution in [0.3, 0.4) is 0 Å². The number of carbonyl (C=O) groups is 1. The van der Waals surface area contributed by atoms with Gasteiger partial charge in [0.2, 0.25) is 0 Å². The molecule has 2 aromatic rings. The van der Waals surface area contributed by atoms with E-state index in [0.717, 1.165) is 5.56 Å². The number of carboxylic acid groups (broad SMARTS) is 1. The first kappa shape index (κ1) is 13.1. The molecule has 0 spiro atoms. The second kappa shape index (κ2) is 6.02. The molecule has 0 amide bonds. The predicted molar refractivity (Wildman–Crippen MR) is 69.8 cm³/mol. The maximum atomic E-state index is 10.7. The molecule has 0 aliphatic carbocycles. The van der Waals surface area contributed by atoms with Gasteiger partial charge in [0.1, 0.15) is 12.4 Å². The molecule has 2 rings (SSSR count). The van der Waals surface area contributed by atoms with Crippen molar-refractivity contribution in [2.75, 3.05) is 0 Å². The zero-order valence-electron chi connectivity index (χ0n) is 10.2. The van der Waals surface area contributed by atoms with E-state index < -0.39 is 12.1 Å². The molecule has 0 bridgehead atoms. The summed E-state index contributed by atoms with van der Waals surface area (Å²) >= 11 is 0. The third kappa shape index (κ3) is 3.56. The molecule has 2 aromatic carbocycles. The molecule has 2 N–H and O–H groups in total. The van der Waals surface area contributed by atoms with Crippen molar-refractivity contribution in [1.82, 2.24) is 0 Å². The van der Waals surface area contributed by atoms with Gasteiger partial charge < -0.3 is 14.9 Å². The van der Waals surface area contributed by atoms with E-state index in [1.54, 1.807) is 18.2 Å². The zero-order valence-corrected chi connectivity index (χ0v) is 10.2. The van der Waals surface area contributed by atoms with E-state index >= 15 is 0 Å². The van der Waals surface area contributed by atoms with Crippen LogP contribution in [-0.4, -0.2) is 16.2 Å². The Labute approximate surface area is 110 Å². The number of benzene rings is 2. The van der Waals surface area contributed by atoms with Gasteiger partial charge >= 0.3 is 5.97 Å². The molecule has 0 fully saturated rings. The lowest BCUT2D eigenvalue weighted by molar-refractivity contribution is -0.146. The van der Waals surface area contributed by atoms with Crippen LogP contribution in [0.15, 0.2) is 54.6 Å². The quantitative estimate of drug-likeness (QED) is 0.864. The number of aliphatic hydroxyl groups excluding tert-OH is 1. The van der Waals surface area contributed by atoms with Crippen LogP contribution in [-0.2, 0) is 11.4 Å². The highest BCUT2D eigenvalue weighted by Gasteiger charge is 2.16. The minimum Gasteiger partial charge on any atom is -0.489 e. The molecule has 0 heterocycles. The smallest absolute Gasteiger partial charge is 0.337 e. The van der Waals surface area contributed by atoms with Crippen LogP contribution in [0.4, 0.5) is 0 Å². The molecule has 4 nitrogen and oxygen atoms in total. The second-order valence-electron chi connectivity index (χ2n) is 4.09. The fourth-order valence-corrected chi connectivity index (χ4v) is 1.66. The molecule has 0 aliphatic heterocycles. The highest BCUT2D eigenvalue weighted by Crippen LogP contribution is 2.20. The average molecular weight is 258 g/mol. The van der Waals surface area contributed by atoms with Gasteiger partial charge in [-0.2, -0.15) is 0 Å². The maximum Gasteiger partial charge on any atom is 0.337 e. The molecule has 19 heavy (non-hydrogen) atoms. The summed E-state index contributed by atoms with van der Waals surface area (Å²) in [5.74, 6) is -0.748. The third-order valence-corrected chi connectivity index (χ3v) is 2.66. The number of rotatable bonds is 5. The van der Waals surface area contributed by atoms with E-state index in [2.05, 4.69) is 0 Å². The number of hydrogen-bond acceptors (Lipinski definition) is 3. The SMILES string of the molecule is O=C(O)[C@@H](O)c1cccc(OCc2ccccc2)c1. The molecule has 1 atom stereocenters. The van der Waals surface area contributed by atoms with Crippen LogP contribution in [0.2, 0.25) is 0 Å². The average Bonchev–Trinajstić information content (AvgIpc) is 2.45. The Morgan fingerprint density at radius 3 is 2.53 bits per heavy atom. The van der Waals surface area contributed by atoms with Gasteiger partial charge in [-0.05, 0) is 23.3 Å². The Morgan fingerprint density at radius 2 is 1.84 bits per heavy atom. The van der Waals surface area contributed by atoms with E-state index in [1.807, 2.05) is 30.3 Å². The van der Waals surface area contributed by atoms with E-state index in [0.29, 0.717) is 17.9 Å². The lowest BCUT2D eigenvalue weighted by Crippen LogP contribution is -2.10. The normalized spacial score (nSPS) is 11.8. The highest BCUT2D eigenvalue weighted by atomic mass is 16.5. The van der Waals surface area contributed by atoms with E-state index in [-0.39, 0.29) is 0 Å². The summed E-state index contributed by atoms with van der Waals surface area (Å²) in [6.07, 6.45) is -1.53. The molecule has 0 radical (unpaired) electrons. The summed E-state index contributed by atoms with van der Waals surface area (Å²) < 4.78 is 5.56. The van der Waals surface area contributed by atoms with Crippen LogP contribution in [0.1, 0.15) is 17.2 Å². The fraction of sp³-hybridized carbons (Fsp3) is 0.133. The molecule has 4 heteroatoms. The van der Waals surface area contributed by atoms with Gasteiger partial charge in [0.15, 0.2) is 6.10 Å². The first-order valence-corrected chi connectivity index (χ1v) is 5.84. The van der Waals surface area contributed by atoms with Gasteiger partial charge in [-0.3, -0.25) is 0 Å². The highest BCUT2D eigenvalue weighted by molar-refractivity contribution is 5.74. The molecular formula is C15H14O4. The van der Waals surface area contributed by atoms with Crippen molar-refractivity contribution in [2.24, 2.45) is 0 Å². The standard InChI is InChI=1S/C15H14O4/c16-14(15(17)18)12-7-4-8-13(9-12)19-10-11-5-2-1-3-6-11/h1-9,14,16H,10H2,(H,17,18)/t14-/m0/s1. The summed E-state index contributed by atoms with van der Waals surface area (Å²) in [4.78, 5) is 10.7. The van der Waals surface area contributed by atoms with Crippen molar-refractivity contribution in [3.63, 3.8) is 0 Å². The minimum absolute atomic E-state index is 0.304. The summed E-state index contributed by atoms with van der Waals surface area (Å²) in [6, 6.07) is 16.1. The summed E-state index contributed by atoms with van der Waals surface area (Å²) in [5.41, 5.74) is 1.32. The lowest BCUT2D eigenvalue weighted by atomic mass is 10.1. The molecule has 98 valence electrons. The Morgan fingerprint density at radius 1 is 1.11 bits per heavy atom. The molecule has 0 saturated heterocycles. The van der Waals surface area contributed by atoms with Gasteiger partial charge in [0.25, 0.3) is 0 Å². The van der Waals surface area contributed by atoms with Crippen molar-refractivity contribution >= 4 is 5.97 Å². The van der Waals surface area contributed by atoms with Crippen LogP contribution in [0.25, 0.3) is 0 Å². The van der Waals surface area contributed by atoms with Gasteiger partial charge in [0.05, 0.1) is 0 Å². The molecular weight excluding hydrogens is 244 g/mol. The van der Waals surface area contributed by atoms with Crippen molar-refractivity contribution in [2.45, 2.75) is 12.7 Å². The van der Waals surface area contributed by atoms with Crippen molar-refractivity contribution in [3.8, 4) is 5.75 Å². The fourth-order valence-electron chi connectivity index (χ4n) is 1.66.